The normalized spacial score (nSPS) is 10.4. The van der Waals surface area contributed by atoms with Crippen molar-refractivity contribution in [3.05, 3.63) is 79.6 Å². The Hall–Kier alpha value is -3.04. The summed E-state index contributed by atoms with van der Waals surface area (Å²) >= 11 is 4.50. The summed E-state index contributed by atoms with van der Waals surface area (Å²) in [5, 5.41) is 15.8. The molecule has 1 aromatic heterocycles. The molecule has 0 aliphatic heterocycles. The number of thiophene rings is 1. The van der Waals surface area contributed by atoms with Gasteiger partial charge in [-0.1, -0.05) is 40.2 Å². The van der Waals surface area contributed by atoms with Crippen LogP contribution in [0.2, 0.25) is 0 Å². The first-order valence-corrected chi connectivity index (χ1v) is 9.60. The van der Waals surface area contributed by atoms with E-state index in [4.69, 9.17) is 4.74 Å². The second-order valence-electron chi connectivity index (χ2n) is 5.58. The molecule has 1 amide bonds. The summed E-state index contributed by atoms with van der Waals surface area (Å²) in [6, 6.07) is 12.9. The fraction of sp³-hybridized carbons (Fsp3) is 0.0526. The van der Waals surface area contributed by atoms with E-state index >= 15 is 0 Å². The number of carbonyl (C=O) groups excluding carboxylic acids is 2. The first-order chi connectivity index (χ1) is 13.4. The summed E-state index contributed by atoms with van der Waals surface area (Å²) in [4.78, 5) is 35.5. The number of nitro groups is 1. The average molecular weight is 461 g/mol. The third-order valence-electron chi connectivity index (χ3n) is 3.91. The van der Waals surface area contributed by atoms with Crippen molar-refractivity contribution < 1.29 is 19.2 Å². The van der Waals surface area contributed by atoms with Crippen LogP contribution in [0.3, 0.4) is 0 Å². The molecule has 3 rings (SSSR count). The number of amides is 1. The van der Waals surface area contributed by atoms with Gasteiger partial charge in [0.15, 0.2) is 0 Å². The van der Waals surface area contributed by atoms with E-state index in [1.807, 2.05) is 24.3 Å². The minimum absolute atomic E-state index is 0.0955. The number of para-hydroxylation sites is 1. The molecule has 3 aromatic rings. The molecular weight excluding hydrogens is 448 g/mol. The maximum atomic E-state index is 12.6. The predicted octanol–water partition coefficient (Wildman–Crippen LogP) is 5.12. The molecular formula is C19H13BrN2O5S. The van der Waals surface area contributed by atoms with Crippen molar-refractivity contribution in [1.82, 2.24) is 0 Å². The van der Waals surface area contributed by atoms with Crippen LogP contribution in [0.15, 0.2) is 58.4 Å². The SMILES string of the molecule is COC(=O)c1c(-c2ccc(Br)cc2)csc1NC(=O)c1ccccc1[N+](=O)[O-]. The van der Waals surface area contributed by atoms with Gasteiger partial charge in [-0.25, -0.2) is 4.79 Å². The largest absolute Gasteiger partial charge is 0.465 e. The number of nitrogens with one attached hydrogen (secondary N) is 1. The van der Waals surface area contributed by atoms with Gasteiger partial charge >= 0.3 is 5.97 Å². The number of esters is 1. The summed E-state index contributed by atoms with van der Waals surface area (Å²) in [6.45, 7) is 0. The quantitative estimate of drug-likeness (QED) is 0.323. The van der Waals surface area contributed by atoms with Crippen LogP contribution in [-0.4, -0.2) is 23.9 Å². The highest BCUT2D eigenvalue weighted by molar-refractivity contribution is 9.10. The number of carbonyl (C=O) groups is 2. The number of methoxy groups -OCH3 is 1. The standard InChI is InChI=1S/C19H13BrN2O5S/c1-27-19(24)16-14(11-6-8-12(20)9-7-11)10-28-18(16)21-17(23)13-4-2-3-5-15(13)22(25)26/h2-10H,1H3,(H,21,23). The third kappa shape index (κ3) is 3.95. The summed E-state index contributed by atoms with van der Waals surface area (Å²) in [6.07, 6.45) is 0. The van der Waals surface area contributed by atoms with Crippen LogP contribution in [0.1, 0.15) is 20.7 Å². The zero-order chi connectivity index (χ0) is 20.3. The molecule has 9 heteroatoms. The lowest BCUT2D eigenvalue weighted by Crippen LogP contribution is -2.15. The highest BCUT2D eigenvalue weighted by Crippen LogP contribution is 2.37. The Morgan fingerprint density at radius 2 is 1.82 bits per heavy atom. The van der Waals surface area contributed by atoms with Crippen molar-refractivity contribution in [2.24, 2.45) is 0 Å². The number of rotatable bonds is 5. The highest BCUT2D eigenvalue weighted by atomic mass is 79.9. The van der Waals surface area contributed by atoms with Crippen LogP contribution in [0.4, 0.5) is 10.7 Å². The Morgan fingerprint density at radius 3 is 2.46 bits per heavy atom. The minimum atomic E-state index is -0.679. The molecule has 7 nitrogen and oxygen atoms in total. The van der Waals surface area contributed by atoms with Gasteiger partial charge in [0.25, 0.3) is 11.6 Å². The van der Waals surface area contributed by atoms with E-state index in [2.05, 4.69) is 21.2 Å². The van der Waals surface area contributed by atoms with Crippen LogP contribution in [-0.2, 0) is 4.74 Å². The Morgan fingerprint density at radius 1 is 1.14 bits per heavy atom. The smallest absolute Gasteiger partial charge is 0.341 e. The van der Waals surface area contributed by atoms with Gasteiger partial charge in [0.2, 0.25) is 0 Å². The third-order valence-corrected chi connectivity index (χ3v) is 5.33. The molecule has 0 atom stereocenters. The van der Waals surface area contributed by atoms with Crippen molar-refractivity contribution in [3.8, 4) is 11.1 Å². The van der Waals surface area contributed by atoms with Gasteiger partial charge in [0.05, 0.1) is 12.0 Å². The Labute approximate surface area is 172 Å². The molecule has 0 aliphatic carbocycles. The number of benzene rings is 2. The van der Waals surface area contributed by atoms with Crippen molar-refractivity contribution >= 4 is 49.8 Å². The maximum Gasteiger partial charge on any atom is 0.341 e. The molecule has 2 aromatic carbocycles. The Bertz CT molecular complexity index is 1060. The van der Waals surface area contributed by atoms with Crippen LogP contribution in [0.5, 0.6) is 0 Å². The number of hydrogen-bond donors (Lipinski definition) is 1. The van der Waals surface area contributed by atoms with Gasteiger partial charge in [-0.3, -0.25) is 14.9 Å². The number of anilines is 1. The Balaban J connectivity index is 2.01. The summed E-state index contributed by atoms with van der Waals surface area (Å²) in [5.74, 6) is -1.29. The average Bonchev–Trinajstić information content (AvgIpc) is 3.11. The van der Waals surface area contributed by atoms with Crippen LogP contribution in [0.25, 0.3) is 11.1 Å². The number of nitro benzene ring substituents is 1. The molecule has 0 fully saturated rings. The maximum absolute atomic E-state index is 12.6. The molecule has 0 spiro atoms. The number of hydrogen-bond acceptors (Lipinski definition) is 6. The number of nitrogens with zero attached hydrogens (tertiary/aromatic N) is 1. The first kappa shape index (κ1) is 19.7. The van der Waals surface area contributed by atoms with Crippen LogP contribution >= 0.6 is 27.3 Å². The molecule has 28 heavy (non-hydrogen) atoms. The van der Waals surface area contributed by atoms with E-state index in [-0.39, 0.29) is 21.8 Å². The van der Waals surface area contributed by atoms with Crippen molar-refractivity contribution in [3.63, 3.8) is 0 Å². The van der Waals surface area contributed by atoms with E-state index in [1.54, 1.807) is 5.38 Å². The second-order valence-corrected chi connectivity index (χ2v) is 7.38. The van der Waals surface area contributed by atoms with Gasteiger partial charge in [0.1, 0.15) is 16.1 Å². The number of ether oxygens (including phenoxy) is 1. The lowest BCUT2D eigenvalue weighted by molar-refractivity contribution is -0.385. The van der Waals surface area contributed by atoms with Crippen molar-refractivity contribution in [2.75, 3.05) is 12.4 Å². The molecule has 0 saturated heterocycles. The summed E-state index contributed by atoms with van der Waals surface area (Å²) < 4.78 is 5.75. The van der Waals surface area contributed by atoms with Gasteiger partial charge < -0.3 is 10.1 Å². The fourth-order valence-electron chi connectivity index (χ4n) is 2.59. The highest BCUT2D eigenvalue weighted by Gasteiger charge is 2.25. The lowest BCUT2D eigenvalue weighted by atomic mass is 10.0. The molecule has 142 valence electrons. The van der Waals surface area contributed by atoms with E-state index in [1.165, 1.54) is 31.4 Å². The predicted molar refractivity (Wildman–Crippen MR) is 110 cm³/mol. The van der Waals surface area contributed by atoms with E-state index in [0.29, 0.717) is 5.56 Å². The van der Waals surface area contributed by atoms with Crippen molar-refractivity contribution in [1.29, 1.82) is 0 Å². The lowest BCUT2D eigenvalue weighted by Gasteiger charge is -2.08. The van der Waals surface area contributed by atoms with Crippen molar-refractivity contribution in [2.45, 2.75) is 0 Å². The number of halogens is 1. The van der Waals surface area contributed by atoms with Gasteiger partial charge in [-0.2, -0.15) is 0 Å². The monoisotopic (exact) mass is 460 g/mol. The zero-order valence-corrected chi connectivity index (χ0v) is 16.9. The van der Waals surface area contributed by atoms with E-state index in [0.717, 1.165) is 21.4 Å². The molecule has 0 radical (unpaired) electrons. The second kappa shape index (κ2) is 8.32. The van der Waals surface area contributed by atoms with Crippen LogP contribution < -0.4 is 5.32 Å². The van der Waals surface area contributed by atoms with E-state index in [9.17, 15) is 19.7 Å². The fourth-order valence-corrected chi connectivity index (χ4v) is 3.81. The van der Waals surface area contributed by atoms with Gasteiger partial charge in [-0.15, -0.1) is 11.3 Å². The molecule has 1 heterocycles. The minimum Gasteiger partial charge on any atom is -0.465 e. The van der Waals surface area contributed by atoms with E-state index < -0.39 is 16.8 Å². The molecule has 0 aliphatic rings. The molecule has 1 N–H and O–H groups in total. The van der Waals surface area contributed by atoms with Gasteiger partial charge in [-0.05, 0) is 23.8 Å². The first-order valence-electron chi connectivity index (χ1n) is 7.93. The Kier molecular flexibility index (Phi) is 5.86. The molecule has 0 saturated carbocycles. The summed E-state index contributed by atoms with van der Waals surface area (Å²) in [5.41, 5.74) is 1.15. The molecule has 0 bridgehead atoms. The zero-order valence-electron chi connectivity index (χ0n) is 14.5. The van der Waals surface area contributed by atoms with Gasteiger partial charge in [0, 0.05) is 21.5 Å². The summed E-state index contributed by atoms with van der Waals surface area (Å²) in [7, 11) is 1.25. The molecule has 0 unspecified atom stereocenters. The topological polar surface area (TPSA) is 98.5 Å². The van der Waals surface area contributed by atoms with Crippen LogP contribution in [0, 0.1) is 10.1 Å².